The van der Waals surface area contributed by atoms with Gasteiger partial charge in [0.2, 0.25) is 0 Å². The fraction of sp³-hybridized carbons (Fsp3) is 0.0244. The molecule has 0 fully saturated rings. The molecule has 226 valence electrons. The Labute approximate surface area is 272 Å². The van der Waals surface area contributed by atoms with Crippen LogP contribution in [0.5, 0.6) is 34.5 Å². The molecule has 0 radical (unpaired) electrons. The van der Waals surface area contributed by atoms with Gasteiger partial charge < -0.3 is 31.2 Å². The zero-order valence-electron chi connectivity index (χ0n) is 25.1. The second kappa shape index (κ2) is 11.3. The second-order valence-electron chi connectivity index (χ2n) is 11.3. The lowest BCUT2D eigenvalue weighted by atomic mass is 9.67. The predicted octanol–water partition coefficient (Wildman–Crippen LogP) is 8.17. The smallest absolute Gasteiger partial charge is 0.142 e. The highest BCUT2D eigenvalue weighted by Crippen LogP contribution is 2.57. The van der Waals surface area contributed by atoms with Crippen LogP contribution in [0.15, 0.2) is 121 Å². The third-order valence-corrected chi connectivity index (χ3v) is 8.52. The van der Waals surface area contributed by atoms with Gasteiger partial charge in [-0.05, 0) is 106 Å². The van der Waals surface area contributed by atoms with Crippen LogP contribution < -0.4 is 20.9 Å². The highest BCUT2D eigenvalue weighted by atomic mass is 16.5. The third kappa shape index (κ3) is 4.91. The number of benzene rings is 6. The SMILES string of the molecule is C#Cc1ccc2c(c1)C(c1ccc(Oc3ccc(N)c(O)c3)cc1)(c1ccc(Oc3ccc(N)c(O)c3)cc1)c1cc(C#C)ccc1-2. The average Bonchev–Trinajstić information content (AvgIpc) is 3.38. The zero-order valence-corrected chi connectivity index (χ0v) is 25.1. The number of phenols is 2. The van der Waals surface area contributed by atoms with Crippen LogP contribution in [0.1, 0.15) is 33.4 Å². The van der Waals surface area contributed by atoms with Gasteiger partial charge in [-0.3, -0.25) is 0 Å². The number of aromatic hydroxyl groups is 2. The van der Waals surface area contributed by atoms with E-state index in [1.165, 1.54) is 12.1 Å². The molecule has 7 rings (SSSR count). The summed E-state index contributed by atoms with van der Waals surface area (Å²) in [6.45, 7) is 0. The van der Waals surface area contributed by atoms with Crippen molar-refractivity contribution in [2.75, 3.05) is 11.5 Å². The number of nitrogens with two attached hydrogens (primary N) is 2. The molecule has 0 aromatic heterocycles. The number of fused-ring (bicyclic) bond motifs is 3. The Morgan fingerprint density at radius 1 is 0.489 bits per heavy atom. The molecule has 6 nitrogen and oxygen atoms in total. The summed E-state index contributed by atoms with van der Waals surface area (Å²) in [5.41, 5.74) is 18.9. The number of hydrogen-bond acceptors (Lipinski definition) is 6. The molecule has 0 spiro atoms. The number of phenolic OH excluding ortho intramolecular Hbond substituents is 2. The fourth-order valence-electron chi connectivity index (χ4n) is 6.28. The Morgan fingerprint density at radius 2 is 0.872 bits per heavy atom. The molecule has 6 aromatic rings. The van der Waals surface area contributed by atoms with Crippen LogP contribution in [0.2, 0.25) is 0 Å². The Bertz CT molecular complexity index is 2100. The van der Waals surface area contributed by atoms with E-state index in [9.17, 15) is 10.2 Å². The molecular formula is C41H28N2O4. The summed E-state index contributed by atoms with van der Waals surface area (Å²) < 4.78 is 12.1. The zero-order chi connectivity index (χ0) is 32.7. The van der Waals surface area contributed by atoms with E-state index < -0.39 is 5.41 Å². The van der Waals surface area contributed by atoms with Crippen molar-refractivity contribution in [3.8, 4) is 70.3 Å². The van der Waals surface area contributed by atoms with Crippen LogP contribution in [-0.4, -0.2) is 10.2 Å². The average molecular weight is 613 g/mol. The van der Waals surface area contributed by atoms with Crippen molar-refractivity contribution in [3.05, 3.63) is 155 Å². The molecule has 1 aliphatic carbocycles. The van der Waals surface area contributed by atoms with Gasteiger partial charge in [0.15, 0.2) is 0 Å². The monoisotopic (exact) mass is 612 g/mol. The minimum atomic E-state index is -0.805. The Kier molecular flexibility index (Phi) is 6.97. The largest absolute Gasteiger partial charge is 0.506 e. The summed E-state index contributed by atoms with van der Waals surface area (Å²) in [6.07, 6.45) is 11.9. The first-order chi connectivity index (χ1) is 22.8. The molecule has 0 aliphatic heterocycles. The highest BCUT2D eigenvalue weighted by molar-refractivity contribution is 5.87. The standard InChI is InChI=1S/C41H28N2O4/c1-3-25-5-17-33-34-18-6-26(4-2)22-36(34)41(35(33)21-25,27-7-11-29(12-8-27)46-31-15-19-37(42)39(44)23-31)28-9-13-30(14-10-28)47-32-16-20-38(43)40(45)24-32/h1-2,5-24,44-45H,42-43H2. The first-order valence-electron chi connectivity index (χ1n) is 14.8. The highest BCUT2D eigenvalue weighted by Gasteiger charge is 2.46. The van der Waals surface area contributed by atoms with E-state index in [1.807, 2.05) is 60.7 Å². The van der Waals surface area contributed by atoms with Crippen molar-refractivity contribution in [1.82, 2.24) is 0 Å². The third-order valence-electron chi connectivity index (χ3n) is 8.52. The van der Waals surface area contributed by atoms with E-state index in [1.54, 1.807) is 24.3 Å². The van der Waals surface area contributed by atoms with Gasteiger partial charge in [-0.25, -0.2) is 0 Å². The maximum Gasteiger partial charge on any atom is 0.142 e. The van der Waals surface area contributed by atoms with Crippen molar-refractivity contribution < 1.29 is 19.7 Å². The molecule has 0 heterocycles. The molecule has 0 bridgehead atoms. The van der Waals surface area contributed by atoms with Crippen molar-refractivity contribution >= 4 is 11.4 Å². The number of hydrogen-bond donors (Lipinski definition) is 4. The maximum absolute atomic E-state index is 10.1. The molecule has 0 saturated heterocycles. The van der Waals surface area contributed by atoms with Gasteiger partial charge in [-0.2, -0.15) is 0 Å². The van der Waals surface area contributed by atoms with Crippen LogP contribution >= 0.6 is 0 Å². The van der Waals surface area contributed by atoms with Gasteiger partial charge in [-0.1, -0.05) is 48.2 Å². The second-order valence-corrected chi connectivity index (χ2v) is 11.3. The number of nitrogen functional groups attached to an aromatic ring is 2. The quantitative estimate of drug-likeness (QED) is 0.0857. The summed E-state index contributed by atoms with van der Waals surface area (Å²) in [4.78, 5) is 0. The summed E-state index contributed by atoms with van der Waals surface area (Å²) >= 11 is 0. The molecule has 0 atom stereocenters. The molecule has 0 saturated carbocycles. The lowest BCUT2D eigenvalue weighted by Crippen LogP contribution is -2.28. The molecule has 1 aliphatic rings. The van der Waals surface area contributed by atoms with Crippen molar-refractivity contribution in [2.24, 2.45) is 0 Å². The van der Waals surface area contributed by atoms with Crippen LogP contribution in [0.25, 0.3) is 11.1 Å². The summed E-state index contributed by atoms with van der Waals surface area (Å²) in [5.74, 6) is 7.59. The van der Waals surface area contributed by atoms with E-state index in [-0.39, 0.29) is 22.9 Å². The fourth-order valence-corrected chi connectivity index (χ4v) is 6.28. The van der Waals surface area contributed by atoms with Gasteiger partial charge in [0, 0.05) is 23.3 Å². The molecule has 0 amide bonds. The number of terminal acetylenes is 2. The van der Waals surface area contributed by atoms with Crippen molar-refractivity contribution in [2.45, 2.75) is 5.41 Å². The minimum absolute atomic E-state index is 0.0495. The number of rotatable bonds is 6. The number of ether oxygens (including phenoxy) is 2. The van der Waals surface area contributed by atoms with Gasteiger partial charge >= 0.3 is 0 Å². The molecule has 6 N–H and O–H groups in total. The van der Waals surface area contributed by atoms with Crippen LogP contribution in [0.4, 0.5) is 11.4 Å². The Hall–Kier alpha value is -6.76. The normalized spacial score (nSPS) is 12.3. The number of anilines is 2. The summed E-state index contributed by atoms with van der Waals surface area (Å²) in [7, 11) is 0. The van der Waals surface area contributed by atoms with Crippen LogP contribution in [0.3, 0.4) is 0 Å². The van der Waals surface area contributed by atoms with E-state index in [0.29, 0.717) is 23.0 Å². The van der Waals surface area contributed by atoms with Crippen molar-refractivity contribution in [3.63, 3.8) is 0 Å². The van der Waals surface area contributed by atoms with Crippen LogP contribution in [0, 0.1) is 24.7 Å². The maximum atomic E-state index is 10.1. The summed E-state index contributed by atoms with van der Waals surface area (Å²) in [5, 5.41) is 20.1. The van der Waals surface area contributed by atoms with Crippen molar-refractivity contribution in [1.29, 1.82) is 0 Å². The molecule has 47 heavy (non-hydrogen) atoms. The van der Waals surface area contributed by atoms with Gasteiger partial charge in [0.25, 0.3) is 0 Å². The van der Waals surface area contributed by atoms with E-state index in [0.717, 1.165) is 44.5 Å². The Balaban J connectivity index is 1.39. The minimum Gasteiger partial charge on any atom is -0.506 e. The summed E-state index contributed by atoms with van der Waals surface area (Å²) in [6, 6.07) is 37.4. The predicted molar refractivity (Wildman–Crippen MR) is 185 cm³/mol. The van der Waals surface area contributed by atoms with E-state index >= 15 is 0 Å². The lowest BCUT2D eigenvalue weighted by Gasteiger charge is -2.34. The topological polar surface area (TPSA) is 111 Å². The van der Waals surface area contributed by atoms with E-state index in [2.05, 4.69) is 36.1 Å². The van der Waals surface area contributed by atoms with Crippen LogP contribution in [-0.2, 0) is 5.41 Å². The van der Waals surface area contributed by atoms with E-state index in [4.69, 9.17) is 33.8 Å². The van der Waals surface area contributed by atoms with Gasteiger partial charge in [0.1, 0.15) is 34.5 Å². The molecular weight excluding hydrogens is 584 g/mol. The van der Waals surface area contributed by atoms with Gasteiger partial charge in [-0.15, -0.1) is 12.8 Å². The molecule has 0 unspecified atom stereocenters. The lowest BCUT2D eigenvalue weighted by molar-refractivity contribution is 0.456. The van der Waals surface area contributed by atoms with Gasteiger partial charge in [0.05, 0.1) is 16.8 Å². The first-order valence-corrected chi connectivity index (χ1v) is 14.8. The Morgan fingerprint density at radius 3 is 1.23 bits per heavy atom. The first kappa shape index (κ1) is 29.0. The molecule has 6 aromatic carbocycles. The molecule has 6 heteroatoms.